The molecule has 0 saturated heterocycles. The Morgan fingerprint density at radius 1 is 0.762 bits per heavy atom. The lowest BCUT2D eigenvalue weighted by atomic mass is 9.87. The van der Waals surface area contributed by atoms with Gasteiger partial charge < -0.3 is 5.32 Å². The average molecular weight is 277 g/mol. The number of hydrogen-bond donors (Lipinski definition) is 1. The third-order valence-electron chi connectivity index (χ3n) is 5.10. The minimum Gasteiger partial charge on any atom is -0.382 e. The summed E-state index contributed by atoms with van der Waals surface area (Å²) in [6.45, 7) is 0. The molecule has 0 aliphatic heterocycles. The molecule has 2 aromatic carbocycles. The lowest BCUT2D eigenvalue weighted by Crippen LogP contribution is -2.28. The highest BCUT2D eigenvalue weighted by Gasteiger charge is 2.20. The van der Waals surface area contributed by atoms with Gasteiger partial charge in [0, 0.05) is 11.7 Å². The molecule has 4 rings (SSSR count). The van der Waals surface area contributed by atoms with Crippen molar-refractivity contribution in [2.75, 3.05) is 5.32 Å². The first-order valence-corrected chi connectivity index (χ1v) is 8.34. The van der Waals surface area contributed by atoms with Gasteiger partial charge in [0.1, 0.15) is 0 Å². The maximum Gasteiger partial charge on any atom is 0.0377 e. The SMILES string of the molecule is c1ccc2c(c1)CCC(Nc1cccc3c1CCCC3)C2. The van der Waals surface area contributed by atoms with Crippen LogP contribution in [0.1, 0.15) is 41.5 Å². The summed E-state index contributed by atoms with van der Waals surface area (Å²) >= 11 is 0. The van der Waals surface area contributed by atoms with Crippen LogP contribution in [0.3, 0.4) is 0 Å². The smallest absolute Gasteiger partial charge is 0.0377 e. The summed E-state index contributed by atoms with van der Waals surface area (Å²) in [5, 5.41) is 3.85. The van der Waals surface area contributed by atoms with Gasteiger partial charge >= 0.3 is 0 Å². The van der Waals surface area contributed by atoms with Gasteiger partial charge in [0.25, 0.3) is 0 Å². The van der Waals surface area contributed by atoms with Crippen molar-refractivity contribution in [3.8, 4) is 0 Å². The van der Waals surface area contributed by atoms with Gasteiger partial charge in [-0.2, -0.15) is 0 Å². The van der Waals surface area contributed by atoms with Gasteiger partial charge in [0.15, 0.2) is 0 Å². The molecule has 2 aliphatic carbocycles. The van der Waals surface area contributed by atoms with Crippen molar-refractivity contribution in [1.29, 1.82) is 0 Å². The van der Waals surface area contributed by atoms with Crippen molar-refractivity contribution in [2.24, 2.45) is 0 Å². The summed E-state index contributed by atoms with van der Waals surface area (Å²) in [5.41, 5.74) is 7.64. The minimum absolute atomic E-state index is 0.591. The van der Waals surface area contributed by atoms with Crippen LogP contribution in [0.25, 0.3) is 0 Å². The third-order valence-corrected chi connectivity index (χ3v) is 5.10. The number of anilines is 1. The van der Waals surface area contributed by atoms with Crippen molar-refractivity contribution in [3.05, 3.63) is 64.7 Å². The van der Waals surface area contributed by atoms with E-state index in [4.69, 9.17) is 0 Å². The van der Waals surface area contributed by atoms with Gasteiger partial charge in [-0.1, -0.05) is 36.4 Å². The van der Waals surface area contributed by atoms with E-state index in [1.165, 1.54) is 56.2 Å². The second kappa shape index (κ2) is 5.55. The molecule has 2 aliphatic rings. The first-order valence-electron chi connectivity index (χ1n) is 8.34. The van der Waals surface area contributed by atoms with E-state index in [2.05, 4.69) is 47.8 Å². The highest BCUT2D eigenvalue weighted by molar-refractivity contribution is 5.56. The second-order valence-corrected chi connectivity index (χ2v) is 6.50. The molecule has 0 radical (unpaired) electrons. The van der Waals surface area contributed by atoms with Gasteiger partial charge in [-0.3, -0.25) is 0 Å². The Morgan fingerprint density at radius 3 is 2.52 bits per heavy atom. The Labute approximate surface area is 127 Å². The lowest BCUT2D eigenvalue weighted by Gasteiger charge is -2.28. The molecule has 0 amide bonds. The molecule has 0 saturated carbocycles. The normalized spacial score (nSPS) is 20.5. The second-order valence-electron chi connectivity index (χ2n) is 6.50. The van der Waals surface area contributed by atoms with E-state index in [-0.39, 0.29) is 0 Å². The average Bonchev–Trinajstić information content (AvgIpc) is 2.55. The maximum absolute atomic E-state index is 3.85. The zero-order valence-corrected chi connectivity index (χ0v) is 12.6. The van der Waals surface area contributed by atoms with E-state index >= 15 is 0 Å². The molecule has 0 heterocycles. The zero-order valence-electron chi connectivity index (χ0n) is 12.6. The Kier molecular flexibility index (Phi) is 3.42. The van der Waals surface area contributed by atoms with Gasteiger partial charge in [-0.15, -0.1) is 0 Å². The largest absolute Gasteiger partial charge is 0.382 e. The van der Waals surface area contributed by atoms with Crippen molar-refractivity contribution in [1.82, 2.24) is 0 Å². The van der Waals surface area contributed by atoms with Crippen LogP contribution in [0.2, 0.25) is 0 Å². The highest BCUT2D eigenvalue weighted by Crippen LogP contribution is 2.30. The van der Waals surface area contributed by atoms with Crippen LogP contribution in [0.4, 0.5) is 5.69 Å². The molecule has 1 N–H and O–H groups in total. The molecule has 2 aromatic rings. The van der Waals surface area contributed by atoms with Crippen LogP contribution in [-0.4, -0.2) is 6.04 Å². The zero-order chi connectivity index (χ0) is 14.1. The highest BCUT2D eigenvalue weighted by atomic mass is 14.9. The summed E-state index contributed by atoms with van der Waals surface area (Å²) in [4.78, 5) is 0. The van der Waals surface area contributed by atoms with E-state index in [9.17, 15) is 0 Å². The lowest BCUT2D eigenvalue weighted by molar-refractivity contribution is 0.608. The van der Waals surface area contributed by atoms with E-state index in [1.807, 2.05) is 0 Å². The summed E-state index contributed by atoms with van der Waals surface area (Å²) < 4.78 is 0. The van der Waals surface area contributed by atoms with Crippen LogP contribution in [0, 0.1) is 0 Å². The number of rotatable bonds is 2. The first-order chi connectivity index (χ1) is 10.4. The molecule has 1 nitrogen and oxygen atoms in total. The summed E-state index contributed by atoms with van der Waals surface area (Å²) in [6.07, 6.45) is 8.84. The molecule has 0 bridgehead atoms. The predicted molar refractivity (Wildman–Crippen MR) is 89.0 cm³/mol. The van der Waals surface area contributed by atoms with Gasteiger partial charge in [0.05, 0.1) is 0 Å². The molecule has 1 heteroatoms. The molecule has 1 atom stereocenters. The molecule has 1 unspecified atom stereocenters. The van der Waals surface area contributed by atoms with E-state index in [0.717, 1.165) is 0 Å². The molecular weight excluding hydrogens is 254 g/mol. The fourth-order valence-electron chi connectivity index (χ4n) is 3.96. The minimum atomic E-state index is 0.591. The Morgan fingerprint density at radius 2 is 1.57 bits per heavy atom. The van der Waals surface area contributed by atoms with Crippen LogP contribution in [-0.2, 0) is 25.7 Å². The molecule has 0 aromatic heterocycles. The van der Waals surface area contributed by atoms with E-state index < -0.39 is 0 Å². The summed E-state index contributed by atoms with van der Waals surface area (Å²) in [5.74, 6) is 0. The van der Waals surface area contributed by atoms with Crippen LogP contribution in [0.15, 0.2) is 42.5 Å². The fourth-order valence-corrected chi connectivity index (χ4v) is 3.96. The Balaban J connectivity index is 1.55. The van der Waals surface area contributed by atoms with Gasteiger partial charge in [0.2, 0.25) is 0 Å². The maximum atomic E-state index is 3.85. The van der Waals surface area contributed by atoms with Crippen LogP contribution >= 0.6 is 0 Å². The molecule has 0 fully saturated rings. The van der Waals surface area contributed by atoms with Crippen LogP contribution < -0.4 is 5.32 Å². The van der Waals surface area contributed by atoms with Crippen molar-refractivity contribution < 1.29 is 0 Å². The predicted octanol–water partition coefficient (Wildman–Crippen LogP) is 4.53. The number of hydrogen-bond acceptors (Lipinski definition) is 1. The molecule has 108 valence electrons. The number of fused-ring (bicyclic) bond motifs is 2. The number of aryl methyl sites for hydroxylation is 2. The Hall–Kier alpha value is -1.76. The van der Waals surface area contributed by atoms with E-state index in [0.29, 0.717) is 6.04 Å². The number of nitrogens with one attached hydrogen (secondary N) is 1. The number of benzene rings is 2. The summed E-state index contributed by atoms with van der Waals surface area (Å²) in [6, 6.07) is 16.3. The van der Waals surface area contributed by atoms with Gasteiger partial charge in [-0.25, -0.2) is 0 Å². The van der Waals surface area contributed by atoms with E-state index in [1.54, 1.807) is 16.7 Å². The summed E-state index contributed by atoms with van der Waals surface area (Å²) in [7, 11) is 0. The first kappa shape index (κ1) is 12.9. The quantitative estimate of drug-likeness (QED) is 0.850. The molecule has 21 heavy (non-hydrogen) atoms. The topological polar surface area (TPSA) is 12.0 Å². The van der Waals surface area contributed by atoms with Gasteiger partial charge in [-0.05, 0) is 73.3 Å². The molecular formula is C20H23N. The molecule has 0 spiro atoms. The van der Waals surface area contributed by atoms with Crippen LogP contribution in [0.5, 0.6) is 0 Å². The Bertz CT molecular complexity index is 644. The van der Waals surface area contributed by atoms with Crippen molar-refractivity contribution >= 4 is 5.69 Å². The standard InChI is InChI=1S/C20H23N/c1-2-8-17-14-18(13-12-15(17)6-1)21-20-11-5-9-16-7-3-4-10-19(16)20/h1-2,5-6,8-9,11,18,21H,3-4,7,10,12-14H2. The van der Waals surface area contributed by atoms with Crippen molar-refractivity contribution in [2.45, 2.75) is 51.0 Å². The monoisotopic (exact) mass is 277 g/mol. The third kappa shape index (κ3) is 2.57. The van der Waals surface area contributed by atoms with Crippen molar-refractivity contribution in [3.63, 3.8) is 0 Å². The fraction of sp³-hybridized carbons (Fsp3) is 0.400.